The molecule has 24 heavy (non-hydrogen) atoms. The number of nitro benzene ring substituents is 1. The second-order valence-corrected chi connectivity index (χ2v) is 6.74. The molecule has 0 aromatic heterocycles. The van der Waals surface area contributed by atoms with Gasteiger partial charge in [-0.25, -0.2) is 4.79 Å². The lowest BCUT2D eigenvalue weighted by Gasteiger charge is -2.37. The van der Waals surface area contributed by atoms with E-state index in [1.807, 2.05) is 4.90 Å². The molecule has 2 aliphatic heterocycles. The number of rotatable bonds is 3. The van der Waals surface area contributed by atoms with Crippen molar-refractivity contribution in [1.82, 2.24) is 9.80 Å². The number of hydrogen-bond donors (Lipinski definition) is 1. The van der Waals surface area contributed by atoms with E-state index in [0.717, 1.165) is 39.0 Å². The van der Waals surface area contributed by atoms with E-state index in [1.54, 1.807) is 0 Å². The first kappa shape index (κ1) is 17.0. The van der Waals surface area contributed by atoms with Crippen LogP contribution in [0.2, 0.25) is 5.02 Å². The normalized spacial score (nSPS) is 21.7. The number of nitro groups is 1. The number of hydrogen-bond acceptors (Lipinski definition) is 4. The SMILES string of the molecule is O=C(Nc1ccc([N+](=O)[O-])cc1Cl)N1CCC[C@H](N2CCCC2)C1. The quantitative estimate of drug-likeness (QED) is 0.668. The van der Waals surface area contributed by atoms with Gasteiger partial charge in [0.2, 0.25) is 0 Å². The van der Waals surface area contributed by atoms with E-state index >= 15 is 0 Å². The number of nitrogens with zero attached hydrogens (tertiary/aromatic N) is 3. The summed E-state index contributed by atoms with van der Waals surface area (Å²) in [5.74, 6) is 0. The molecule has 1 aromatic rings. The van der Waals surface area contributed by atoms with Crippen molar-refractivity contribution in [2.75, 3.05) is 31.5 Å². The van der Waals surface area contributed by atoms with Crippen LogP contribution in [0, 0.1) is 10.1 Å². The minimum Gasteiger partial charge on any atom is -0.323 e. The van der Waals surface area contributed by atoms with Gasteiger partial charge in [-0.15, -0.1) is 0 Å². The van der Waals surface area contributed by atoms with Crippen molar-refractivity contribution in [3.8, 4) is 0 Å². The van der Waals surface area contributed by atoms with Crippen LogP contribution in [0.3, 0.4) is 0 Å². The zero-order chi connectivity index (χ0) is 17.1. The molecule has 0 aliphatic carbocycles. The molecule has 0 bridgehead atoms. The van der Waals surface area contributed by atoms with Gasteiger partial charge in [0.1, 0.15) is 0 Å². The third-order valence-corrected chi connectivity index (χ3v) is 5.06. The van der Waals surface area contributed by atoms with E-state index in [0.29, 0.717) is 11.7 Å². The van der Waals surface area contributed by atoms with Crippen molar-refractivity contribution in [3.63, 3.8) is 0 Å². The summed E-state index contributed by atoms with van der Waals surface area (Å²) in [6.45, 7) is 3.68. The van der Waals surface area contributed by atoms with Crippen LogP contribution >= 0.6 is 11.6 Å². The van der Waals surface area contributed by atoms with Crippen LogP contribution in [-0.2, 0) is 0 Å². The van der Waals surface area contributed by atoms with Crippen molar-refractivity contribution in [1.29, 1.82) is 0 Å². The molecule has 8 heteroatoms. The molecule has 2 heterocycles. The molecule has 1 aromatic carbocycles. The predicted molar refractivity (Wildman–Crippen MR) is 92.5 cm³/mol. The number of carbonyl (C=O) groups excluding carboxylic acids is 1. The molecular weight excluding hydrogens is 332 g/mol. The largest absolute Gasteiger partial charge is 0.323 e. The van der Waals surface area contributed by atoms with Crippen molar-refractivity contribution < 1.29 is 9.72 Å². The first-order valence-corrected chi connectivity index (χ1v) is 8.66. The Balaban J connectivity index is 1.62. The summed E-state index contributed by atoms with van der Waals surface area (Å²) < 4.78 is 0. The lowest BCUT2D eigenvalue weighted by molar-refractivity contribution is -0.384. The first-order valence-electron chi connectivity index (χ1n) is 8.28. The molecule has 0 unspecified atom stereocenters. The van der Waals surface area contributed by atoms with Crippen LogP contribution in [-0.4, -0.2) is 53.0 Å². The number of non-ortho nitro benzene ring substituents is 1. The van der Waals surface area contributed by atoms with Gasteiger partial charge >= 0.3 is 6.03 Å². The van der Waals surface area contributed by atoms with Gasteiger partial charge in [0.25, 0.3) is 5.69 Å². The van der Waals surface area contributed by atoms with Crippen LogP contribution in [0.5, 0.6) is 0 Å². The van der Waals surface area contributed by atoms with Gasteiger partial charge in [-0.2, -0.15) is 0 Å². The molecule has 1 atom stereocenters. The van der Waals surface area contributed by atoms with Crippen molar-refractivity contribution in [2.24, 2.45) is 0 Å². The first-order chi connectivity index (χ1) is 11.5. The summed E-state index contributed by atoms with van der Waals surface area (Å²) in [6, 6.07) is 4.29. The van der Waals surface area contributed by atoms with Gasteiger partial charge in [-0.1, -0.05) is 11.6 Å². The topological polar surface area (TPSA) is 78.7 Å². The van der Waals surface area contributed by atoms with Gasteiger partial charge in [-0.3, -0.25) is 15.0 Å². The maximum absolute atomic E-state index is 12.5. The van der Waals surface area contributed by atoms with Gasteiger partial charge in [-0.05, 0) is 44.8 Å². The van der Waals surface area contributed by atoms with Crippen molar-refractivity contribution in [3.05, 3.63) is 33.3 Å². The number of anilines is 1. The Kier molecular flexibility index (Phi) is 5.20. The number of benzene rings is 1. The monoisotopic (exact) mass is 352 g/mol. The molecule has 0 saturated carbocycles. The highest BCUT2D eigenvalue weighted by molar-refractivity contribution is 6.33. The van der Waals surface area contributed by atoms with Crippen LogP contribution < -0.4 is 5.32 Å². The number of halogens is 1. The Labute approximate surface area is 145 Å². The Morgan fingerprint density at radius 2 is 2.00 bits per heavy atom. The van der Waals surface area contributed by atoms with Crippen molar-refractivity contribution in [2.45, 2.75) is 31.7 Å². The summed E-state index contributed by atoms with van der Waals surface area (Å²) in [7, 11) is 0. The van der Waals surface area contributed by atoms with Gasteiger partial charge < -0.3 is 10.2 Å². The van der Waals surface area contributed by atoms with Crippen molar-refractivity contribution >= 4 is 29.0 Å². The van der Waals surface area contributed by atoms with Crippen LogP contribution in [0.1, 0.15) is 25.7 Å². The minimum absolute atomic E-state index is 0.0925. The summed E-state index contributed by atoms with van der Waals surface area (Å²) >= 11 is 6.04. The number of urea groups is 1. The van der Waals surface area contributed by atoms with E-state index in [-0.39, 0.29) is 16.7 Å². The molecule has 2 aliphatic rings. The highest BCUT2D eigenvalue weighted by Crippen LogP contribution is 2.27. The zero-order valence-corrected chi connectivity index (χ0v) is 14.2. The molecule has 7 nitrogen and oxygen atoms in total. The number of likely N-dealkylation sites (tertiary alicyclic amines) is 2. The molecule has 130 valence electrons. The lowest BCUT2D eigenvalue weighted by Crippen LogP contribution is -2.50. The molecule has 1 N–H and O–H groups in total. The molecule has 0 radical (unpaired) electrons. The minimum atomic E-state index is -0.511. The second kappa shape index (κ2) is 7.36. The molecule has 0 spiro atoms. The maximum atomic E-state index is 12.5. The van der Waals surface area contributed by atoms with E-state index in [2.05, 4.69) is 10.2 Å². The Bertz CT molecular complexity index is 634. The Morgan fingerprint density at radius 1 is 1.25 bits per heavy atom. The zero-order valence-electron chi connectivity index (χ0n) is 13.4. The smallest absolute Gasteiger partial charge is 0.321 e. The van der Waals surface area contributed by atoms with Crippen LogP contribution in [0.25, 0.3) is 0 Å². The van der Waals surface area contributed by atoms with E-state index in [1.165, 1.54) is 31.0 Å². The summed E-state index contributed by atoms with van der Waals surface area (Å²) in [4.78, 5) is 27.0. The highest BCUT2D eigenvalue weighted by atomic mass is 35.5. The van der Waals surface area contributed by atoms with E-state index in [9.17, 15) is 14.9 Å². The number of amides is 2. The fraction of sp³-hybridized carbons (Fsp3) is 0.562. The summed E-state index contributed by atoms with van der Waals surface area (Å²) in [6.07, 6.45) is 4.59. The van der Waals surface area contributed by atoms with Gasteiger partial charge in [0.15, 0.2) is 0 Å². The summed E-state index contributed by atoms with van der Waals surface area (Å²) in [5.41, 5.74) is 0.306. The Morgan fingerprint density at radius 3 is 2.67 bits per heavy atom. The standard InChI is InChI=1S/C16H21ClN4O3/c17-14-10-12(21(23)24)5-6-15(14)18-16(22)20-9-3-4-13(11-20)19-7-1-2-8-19/h5-6,10,13H,1-4,7-9,11H2,(H,18,22)/t13-/m0/s1. The second-order valence-electron chi connectivity index (χ2n) is 6.34. The molecule has 3 rings (SSSR count). The number of nitrogens with one attached hydrogen (secondary N) is 1. The number of piperidine rings is 1. The Hall–Kier alpha value is -1.86. The fourth-order valence-corrected chi connectivity index (χ4v) is 3.68. The maximum Gasteiger partial charge on any atom is 0.321 e. The van der Waals surface area contributed by atoms with Gasteiger partial charge in [0.05, 0.1) is 15.6 Å². The molecule has 2 amide bonds. The molecule has 2 saturated heterocycles. The highest BCUT2D eigenvalue weighted by Gasteiger charge is 2.29. The lowest BCUT2D eigenvalue weighted by atomic mass is 10.0. The van der Waals surface area contributed by atoms with Crippen LogP contribution in [0.15, 0.2) is 18.2 Å². The average molecular weight is 353 g/mol. The average Bonchev–Trinajstić information content (AvgIpc) is 3.11. The van der Waals surface area contributed by atoms with Crippen LogP contribution in [0.4, 0.5) is 16.2 Å². The third-order valence-electron chi connectivity index (χ3n) is 4.75. The fourth-order valence-electron chi connectivity index (χ4n) is 3.46. The number of carbonyl (C=O) groups is 1. The molecule has 2 fully saturated rings. The van der Waals surface area contributed by atoms with Gasteiger partial charge in [0, 0.05) is 31.3 Å². The molecular formula is C16H21ClN4O3. The predicted octanol–water partition coefficient (Wildman–Crippen LogP) is 3.34. The van der Waals surface area contributed by atoms with E-state index in [4.69, 9.17) is 11.6 Å². The van der Waals surface area contributed by atoms with E-state index < -0.39 is 4.92 Å². The third kappa shape index (κ3) is 3.79. The summed E-state index contributed by atoms with van der Waals surface area (Å²) in [5, 5.41) is 13.7.